The number of aromatic nitrogens is 1. The van der Waals surface area contributed by atoms with E-state index in [2.05, 4.69) is 22.9 Å². The highest BCUT2D eigenvalue weighted by atomic mass is 32.2. The minimum absolute atomic E-state index is 0.554. The van der Waals surface area contributed by atoms with Crippen LogP contribution in [-0.4, -0.2) is 29.1 Å². The number of anilines is 1. The van der Waals surface area contributed by atoms with Crippen molar-refractivity contribution < 1.29 is 0 Å². The number of hydrogen-bond acceptors (Lipinski definition) is 4. The molecule has 3 nitrogen and oxygen atoms in total. The maximum absolute atomic E-state index is 5.78. The number of thioether (sulfide) groups is 1. The third-order valence-corrected chi connectivity index (χ3v) is 4.14. The van der Waals surface area contributed by atoms with E-state index >= 15 is 0 Å². The summed E-state index contributed by atoms with van der Waals surface area (Å²) in [7, 11) is 0. The molecule has 1 aromatic rings. The van der Waals surface area contributed by atoms with Gasteiger partial charge in [-0.25, -0.2) is 4.98 Å². The standard InChI is InChI=1S/C12H19N3S/c1-9-3-4-11(7-13)12(14-9)15-5-6-16-8-10(15)2/h3-4,10H,5-8,13H2,1-2H3. The Kier molecular flexibility index (Phi) is 3.71. The number of aryl methyl sites for hydroxylation is 1. The van der Waals surface area contributed by atoms with Crippen molar-refractivity contribution in [3.05, 3.63) is 23.4 Å². The molecular weight excluding hydrogens is 218 g/mol. The van der Waals surface area contributed by atoms with Gasteiger partial charge in [0.1, 0.15) is 5.82 Å². The second kappa shape index (κ2) is 5.06. The van der Waals surface area contributed by atoms with E-state index in [0.717, 1.165) is 23.6 Å². The van der Waals surface area contributed by atoms with Crippen LogP contribution in [0.4, 0.5) is 5.82 Å². The van der Waals surface area contributed by atoms with Crippen molar-refractivity contribution >= 4 is 17.6 Å². The Morgan fingerprint density at radius 1 is 1.56 bits per heavy atom. The summed E-state index contributed by atoms with van der Waals surface area (Å²) in [4.78, 5) is 7.05. The molecule has 16 heavy (non-hydrogen) atoms. The molecular formula is C12H19N3S. The molecule has 2 heterocycles. The Morgan fingerprint density at radius 2 is 2.38 bits per heavy atom. The molecule has 1 atom stereocenters. The average Bonchev–Trinajstić information content (AvgIpc) is 2.29. The van der Waals surface area contributed by atoms with Crippen LogP contribution in [0, 0.1) is 6.92 Å². The molecule has 2 N–H and O–H groups in total. The van der Waals surface area contributed by atoms with E-state index in [0.29, 0.717) is 12.6 Å². The summed E-state index contributed by atoms with van der Waals surface area (Å²) in [6, 6.07) is 4.69. The lowest BCUT2D eigenvalue weighted by Crippen LogP contribution is -2.41. The minimum atomic E-state index is 0.554. The molecule has 0 aromatic carbocycles. The highest BCUT2D eigenvalue weighted by Crippen LogP contribution is 2.25. The monoisotopic (exact) mass is 237 g/mol. The molecule has 0 saturated carbocycles. The fraction of sp³-hybridized carbons (Fsp3) is 0.583. The third kappa shape index (κ3) is 2.33. The summed E-state index contributed by atoms with van der Waals surface area (Å²) in [5.41, 5.74) is 8.01. The van der Waals surface area contributed by atoms with Crippen molar-refractivity contribution in [1.29, 1.82) is 0 Å². The van der Waals surface area contributed by atoms with E-state index in [4.69, 9.17) is 5.73 Å². The first kappa shape index (κ1) is 11.7. The fourth-order valence-electron chi connectivity index (χ4n) is 2.02. The quantitative estimate of drug-likeness (QED) is 0.851. The average molecular weight is 237 g/mol. The molecule has 0 bridgehead atoms. The third-order valence-electron chi connectivity index (χ3n) is 2.95. The molecule has 1 aliphatic rings. The van der Waals surface area contributed by atoms with Crippen LogP contribution in [-0.2, 0) is 6.54 Å². The number of hydrogen-bond donors (Lipinski definition) is 1. The number of rotatable bonds is 2. The van der Waals surface area contributed by atoms with Gasteiger partial charge in [-0.1, -0.05) is 6.07 Å². The van der Waals surface area contributed by atoms with Crippen molar-refractivity contribution in [3.63, 3.8) is 0 Å². The van der Waals surface area contributed by atoms with Crippen molar-refractivity contribution in [2.24, 2.45) is 5.73 Å². The highest BCUT2D eigenvalue weighted by Gasteiger charge is 2.21. The van der Waals surface area contributed by atoms with Gasteiger partial charge in [0, 0.05) is 41.9 Å². The van der Waals surface area contributed by atoms with Crippen molar-refractivity contribution in [3.8, 4) is 0 Å². The molecule has 1 fully saturated rings. The molecule has 88 valence electrons. The Bertz CT molecular complexity index is 367. The van der Waals surface area contributed by atoms with Crippen LogP contribution in [0.1, 0.15) is 18.2 Å². The molecule has 0 radical (unpaired) electrons. The van der Waals surface area contributed by atoms with Gasteiger partial charge in [0.2, 0.25) is 0 Å². The molecule has 1 aromatic heterocycles. The largest absolute Gasteiger partial charge is 0.352 e. The first-order chi connectivity index (χ1) is 7.72. The van der Waals surface area contributed by atoms with Crippen LogP contribution >= 0.6 is 11.8 Å². The topological polar surface area (TPSA) is 42.1 Å². The molecule has 2 rings (SSSR count). The molecule has 0 amide bonds. The smallest absolute Gasteiger partial charge is 0.133 e. The predicted octanol–water partition coefficient (Wildman–Crippen LogP) is 1.79. The maximum Gasteiger partial charge on any atom is 0.133 e. The van der Waals surface area contributed by atoms with E-state index in [-0.39, 0.29) is 0 Å². The second-order valence-electron chi connectivity index (χ2n) is 4.26. The lowest BCUT2D eigenvalue weighted by Gasteiger charge is -2.35. The number of nitrogens with two attached hydrogens (primary N) is 1. The zero-order chi connectivity index (χ0) is 11.5. The molecule has 1 unspecified atom stereocenters. The first-order valence-electron chi connectivity index (χ1n) is 5.73. The van der Waals surface area contributed by atoms with Crippen LogP contribution in [0.2, 0.25) is 0 Å². The van der Waals surface area contributed by atoms with Gasteiger partial charge in [0.05, 0.1) is 0 Å². The first-order valence-corrected chi connectivity index (χ1v) is 6.89. The van der Waals surface area contributed by atoms with Crippen molar-refractivity contribution in [2.45, 2.75) is 26.4 Å². The lowest BCUT2D eigenvalue weighted by atomic mass is 10.2. The Balaban J connectivity index is 2.33. The zero-order valence-corrected chi connectivity index (χ0v) is 10.8. The maximum atomic E-state index is 5.78. The van der Waals surface area contributed by atoms with E-state index in [1.807, 2.05) is 24.8 Å². The van der Waals surface area contributed by atoms with Gasteiger partial charge in [-0.2, -0.15) is 11.8 Å². The van der Waals surface area contributed by atoms with E-state index < -0.39 is 0 Å². The van der Waals surface area contributed by atoms with Crippen LogP contribution in [0.5, 0.6) is 0 Å². The summed E-state index contributed by atoms with van der Waals surface area (Å²) < 4.78 is 0. The Labute approximate surface area is 101 Å². The molecule has 0 spiro atoms. The van der Waals surface area contributed by atoms with Gasteiger partial charge >= 0.3 is 0 Å². The van der Waals surface area contributed by atoms with Gasteiger partial charge in [-0.15, -0.1) is 0 Å². The fourth-order valence-corrected chi connectivity index (χ4v) is 3.04. The Morgan fingerprint density at radius 3 is 3.06 bits per heavy atom. The number of nitrogens with zero attached hydrogens (tertiary/aromatic N) is 2. The van der Waals surface area contributed by atoms with Crippen LogP contribution < -0.4 is 10.6 Å². The van der Waals surface area contributed by atoms with E-state index in [1.165, 1.54) is 11.5 Å². The minimum Gasteiger partial charge on any atom is -0.352 e. The van der Waals surface area contributed by atoms with Crippen molar-refractivity contribution in [1.82, 2.24) is 4.98 Å². The lowest BCUT2D eigenvalue weighted by molar-refractivity contribution is 0.683. The summed E-state index contributed by atoms with van der Waals surface area (Å²) in [6.45, 7) is 5.94. The molecule has 4 heteroatoms. The predicted molar refractivity (Wildman–Crippen MR) is 71.0 cm³/mol. The van der Waals surface area contributed by atoms with Gasteiger partial charge in [-0.3, -0.25) is 0 Å². The van der Waals surface area contributed by atoms with Crippen molar-refractivity contribution in [2.75, 3.05) is 23.0 Å². The highest BCUT2D eigenvalue weighted by molar-refractivity contribution is 7.99. The molecule has 1 saturated heterocycles. The van der Waals surface area contributed by atoms with Crippen LogP contribution in [0.15, 0.2) is 12.1 Å². The summed E-state index contributed by atoms with van der Waals surface area (Å²) in [5.74, 6) is 3.46. The summed E-state index contributed by atoms with van der Waals surface area (Å²) in [5, 5.41) is 0. The second-order valence-corrected chi connectivity index (χ2v) is 5.41. The SMILES string of the molecule is Cc1ccc(CN)c(N2CCSCC2C)n1. The van der Waals surface area contributed by atoms with E-state index in [1.54, 1.807) is 0 Å². The molecule has 0 aliphatic carbocycles. The van der Waals surface area contributed by atoms with Crippen LogP contribution in [0.25, 0.3) is 0 Å². The normalized spacial score (nSPS) is 21.2. The summed E-state index contributed by atoms with van der Waals surface area (Å²) in [6.07, 6.45) is 0. The Hall–Kier alpha value is -0.740. The van der Waals surface area contributed by atoms with Gasteiger partial charge < -0.3 is 10.6 Å². The van der Waals surface area contributed by atoms with Crippen LogP contribution in [0.3, 0.4) is 0 Å². The van der Waals surface area contributed by atoms with Gasteiger partial charge in [-0.05, 0) is 19.9 Å². The van der Waals surface area contributed by atoms with E-state index in [9.17, 15) is 0 Å². The van der Waals surface area contributed by atoms with Gasteiger partial charge in [0.15, 0.2) is 0 Å². The molecule has 1 aliphatic heterocycles. The summed E-state index contributed by atoms with van der Waals surface area (Å²) >= 11 is 2.02. The number of pyridine rings is 1. The van der Waals surface area contributed by atoms with Gasteiger partial charge in [0.25, 0.3) is 0 Å². The zero-order valence-electron chi connectivity index (χ0n) is 9.94.